The van der Waals surface area contributed by atoms with Gasteiger partial charge in [0, 0.05) is 44.5 Å². The summed E-state index contributed by atoms with van der Waals surface area (Å²) in [5, 5.41) is 26.4. The number of nitrogens with one attached hydrogen (secondary N) is 6. The van der Waals surface area contributed by atoms with Gasteiger partial charge in [-0.15, -0.1) is 0 Å². The molecular weight excluding hydrogens is 937 g/mol. The number of carbonyl (C=O) groups is 4. The van der Waals surface area contributed by atoms with Gasteiger partial charge in [-0.25, -0.2) is 15.0 Å². The normalized spacial score (nSPS) is 14.5. The summed E-state index contributed by atoms with van der Waals surface area (Å²) >= 11 is 2.35. The first-order valence-electron chi connectivity index (χ1n) is 23.5. The van der Waals surface area contributed by atoms with Crippen molar-refractivity contribution in [3.05, 3.63) is 141 Å². The summed E-state index contributed by atoms with van der Waals surface area (Å²) in [7, 11) is 2.11. The van der Waals surface area contributed by atoms with Gasteiger partial charge in [-0.2, -0.15) is 10.2 Å². The minimum atomic E-state index is -0.576. The van der Waals surface area contributed by atoms with Gasteiger partial charge in [-0.3, -0.25) is 34.3 Å². The number of hydrogen-bond acceptors (Lipinski definition) is 14. The summed E-state index contributed by atoms with van der Waals surface area (Å²) in [5.41, 5.74) is 3.93. The molecule has 5 aromatic heterocycles. The fraction of sp³-hybridized carbons (Fsp3) is 0.314. The minimum Gasteiger partial charge on any atom is -0.354 e. The van der Waals surface area contributed by atoms with Crippen LogP contribution in [0.25, 0.3) is 20.7 Å². The number of rotatable bonds is 13. The molecule has 0 aliphatic carbocycles. The molecule has 2 aliphatic rings. The van der Waals surface area contributed by atoms with Crippen molar-refractivity contribution in [2.24, 2.45) is 0 Å². The second-order valence-corrected chi connectivity index (χ2v) is 20.7. The number of aromatic amines is 2. The summed E-state index contributed by atoms with van der Waals surface area (Å²) in [4.78, 5) is 72.9. The van der Waals surface area contributed by atoms with Crippen molar-refractivity contribution in [3.63, 3.8) is 0 Å². The molecule has 0 radical (unpaired) electrons. The molecular formula is C51H56N14O4S2. The molecule has 3 aromatic carbocycles. The van der Waals surface area contributed by atoms with Crippen LogP contribution in [0.15, 0.2) is 103 Å². The maximum Gasteiger partial charge on any atom is 0.281 e. The Labute approximate surface area is 418 Å². The zero-order valence-electron chi connectivity index (χ0n) is 40.2. The second kappa shape index (κ2) is 20.9. The van der Waals surface area contributed by atoms with Crippen LogP contribution in [0.3, 0.4) is 0 Å². The topological polar surface area (TPSA) is 222 Å². The molecule has 20 heteroatoms. The standard InChI is InChI=1S/C26H28N6O2S.C25H28N8O2S/c1-26(2,19-8-4-3-5-9-19)29-23(34)25-27-20-21(30-31-24(20)35-25)28-22(33)18-12-10-17(11-13-18)16-32-14-6-7-15-32;1-25(2,17-7-5-4-6-8-17)29-22(35)24-27-19-20(30-31-23(19)36-24)28-21(34)16-9-10-18(26-15-16)33-13-11-32(3)12-14-33/h3-5,8-13H,6-7,14-16H2,1-2H3,(H,29,34)(H2,28,30,31,33);4-10,15H,11-14H2,1-3H3,(H,29,35)(H2,28,30,31,34). The lowest BCUT2D eigenvalue weighted by molar-refractivity contribution is 0.0903. The molecule has 7 heterocycles. The monoisotopic (exact) mass is 992 g/mol. The van der Waals surface area contributed by atoms with Crippen molar-refractivity contribution in [2.75, 3.05) is 61.8 Å². The summed E-state index contributed by atoms with van der Waals surface area (Å²) in [5.74, 6) is 0.409. The van der Waals surface area contributed by atoms with Gasteiger partial charge in [0.1, 0.15) is 16.9 Å². The minimum absolute atomic E-state index is 0.257. The summed E-state index contributed by atoms with van der Waals surface area (Å²) in [6.45, 7) is 14.7. The van der Waals surface area contributed by atoms with Crippen molar-refractivity contribution < 1.29 is 19.2 Å². The maximum absolute atomic E-state index is 12.9. The van der Waals surface area contributed by atoms with Crippen LogP contribution in [-0.2, 0) is 17.6 Å². The zero-order valence-corrected chi connectivity index (χ0v) is 41.8. The van der Waals surface area contributed by atoms with Gasteiger partial charge in [-0.05, 0) is 102 Å². The third-order valence-corrected chi connectivity index (χ3v) is 14.5. The number of amides is 4. The van der Waals surface area contributed by atoms with Gasteiger partial charge < -0.3 is 31.1 Å². The lowest BCUT2D eigenvalue weighted by atomic mass is 9.94. The number of hydrogen-bond donors (Lipinski definition) is 6. The zero-order chi connectivity index (χ0) is 49.7. The van der Waals surface area contributed by atoms with E-state index in [1.54, 1.807) is 12.3 Å². The van der Waals surface area contributed by atoms with Crippen molar-refractivity contribution in [3.8, 4) is 0 Å². The molecule has 0 atom stereocenters. The lowest BCUT2D eigenvalue weighted by Crippen LogP contribution is -2.44. The van der Waals surface area contributed by atoms with E-state index in [9.17, 15) is 19.2 Å². The Morgan fingerprint density at radius 1 is 0.592 bits per heavy atom. The van der Waals surface area contributed by atoms with Crippen LogP contribution < -0.4 is 26.2 Å². The molecule has 8 aromatic rings. The molecule has 71 heavy (non-hydrogen) atoms. The molecule has 0 saturated carbocycles. The van der Waals surface area contributed by atoms with Gasteiger partial charge in [0.15, 0.2) is 31.3 Å². The Kier molecular flexibility index (Phi) is 14.3. The summed E-state index contributed by atoms with van der Waals surface area (Å²) < 4.78 is 0. The number of piperazine rings is 1. The first-order chi connectivity index (χ1) is 34.2. The Balaban J connectivity index is 0.000000176. The van der Waals surface area contributed by atoms with Crippen LogP contribution in [0.1, 0.15) is 97.5 Å². The molecule has 0 spiro atoms. The number of H-pyrrole nitrogens is 2. The molecule has 10 rings (SSSR count). The fourth-order valence-corrected chi connectivity index (χ4v) is 9.99. The van der Waals surface area contributed by atoms with Crippen LogP contribution in [0.2, 0.25) is 0 Å². The Morgan fingerprint density at radius 2 is 1.07 bits per heavy atom. The van der Waals surface area contributed by atoms with Crippen LogP contribution in [0, 0.1) is 0 Å². The number of fused-ring (bicyclic) bond motifs is 2. The molecule has 4 amide bonds. The Morgan fingerprint density at radius 3 is 1.55 bits per heavy atom. The number of pyridine rings is 1. The number of benzene rings is 3. The third-order valence-electron chi connectivity index (χ3n) is 12.6. The van der Waals surface area contributed by atoms with Crippen LogP contribution >= 0.6 is 22.7 Å². The van der Waals surface area contributed by atoms with E-state index in [1.165, 1.54) is 29.7 Å². The van der Waals surface area contributed by atoms with Gasteiger partial charge in [-0.1, -0.05) is 95.5 Å². The van der Waals surface area contributed by atoms with Gasteiger partial charge in [0.25, 0.3) is 23.6 Å². The van der Waals surface area contributed by atoms with E-state index in [2.05, 4.69) is 78.4 Å². The van der Waals surface area contributed by atoms with E-state index in [4.69, 9.17) is 0 Å². The number of aromatic nitrogens is 7. The lowest BCUT2D eigenvalue weighted by Gasteiger charge is -2.33. The highest BCUT2D eigenvalue weighted by atomic mass is 32.1. The van der Waals surface area contributed by atoms with Crippen LogP contribution in [-0.4, -0.2) is 115 Å². The first kappa shape index (κ1) is 48.6. The van der Waals surface area contributed by atoms with Gasteiger partial charge in [0.05, 0.1) is 16.6 Å². The van der Waals surface area contributed by atoms with Gasteiger partial charge in [0.2, 0.25) is 0 Å². The average Bonchev–Trinajstić information content (AvgIpc) is 4.24. The SMILES string of the molecule is CC(C)(NC(=O)c1nc2c(NC(=O)c3ccc(CN4CCCC4)cc3)[nH]nc2s1)c1ccccc1.CN1CCN(c2ccc(C(=O)Nc3[nH]nc4sc(C(=O)NC(C)(C)c5ccccc5)nc34)cn2)CC1. The largest absolute Gasteiger partial charge is 0.354 e. The number of anilines is 3. The van der Waals surface area contributed by atoms with Crippen LogP contribution in [0.4, 0.5) is 17.5 Å². The number of likely N-dealkylation sites (tertiary alicyclic amines) is 1. The van der Waals surface area contributed by atoms with Crippen molar-refractivity contribution in [1.29, 1.82) is 0 Å². The second-order valence-electron chi connectivity index (χ2n) is 18.7. The Hall–Kier alpha value is -7.39. The summed E-state index contributed by atoms with van der Waals surface area (Å²) in [6.07, 6.45) is 4.08. The highest BCUT2D eigenvalue weighted by Crippen LogP contribution is 2.30. The third kappa shape index (κ3) is 11.5. The van der Waals surface area contributed by atoms with E-state index < -0.39 is 11.1 Å². The molecule has 2 fully saturated rings. The quantitative estimate of drug-likeness (QED) is 0.0657. The van der Waals surface area contributed by atoms with E-state index in [0.29, 0.717) is 48.5 Å². The first-order valence-corrected chi connectivity index (χ1v) is 25.1. The smallest absolute Gasteiger partial charge is 0.281 e. The maximum atomic E-state index is 12.9. The van der Waals surface area contributed by atoms with E-state index in [-0.39, 0.29) is 28.6 Å². The van der Waals surface area contributed by atoms with Crippen molar-refractivity contribution in [2.45, 2.75) is 58.2 Å². The number of nitrogens with zero attached hydrogens (tertiary/aromatic N) is 8. The Bertz CT molecular complexity index is 3130. The number of carbonyl (C=O) groups excluding carboxylic acids is 4. The predicted octanol–water partition coefficient (Wildman–Crippen LogP) is 7.62. The molecule has 0 unspecified atom stereocenters. The molecule has 366 valence electrons. The van der Waals surface area contributed by atoms with E-state index in [1.807, 2.05) is 119 Å². The molecule has 0 bridgehead atoms. The predicted molar refractivity (Wildman–Crippen MR) is 278 cm³/mol. The summed E-state index contributed by atoms with van der Waals surface area (Å²) in [6, 6.07) is 30.8. The van der Waals surface area contributed by atoms with E-state index in [0.717, 1.165) is 74.1 Å². The highest BCUT2D eigenvalue weighted by Gasteiger charge is 2.28. The van der Waals surface area contributed by atoms with Crippen LogP contribution in [0.5, 0.6) is 0 Å². The number of thiazole rings is 2. The highest BCUT2D eigenvalue weighted by molar-refractivity contribution is 7.20. The van der Waals surface area contributed by atoms with Crippen molar-refractivity contribution >= 4 is 84.5 Å². The number of likely N-dealkylation sites (N-methyl/N-ethyl adjacent to an activating group) is 1. The molecule has 2 aliphatic heterocycles. The fourth-order valence-electron chi connectivity index (χ4n) is 8.39. The molecule has 18 nitrogen and oxygen atoms in total. The molecule has 6 N–H and O–H groups in total. The van der Waals surface area contributed by atoms with Crippen molar-refractivity contribution in [1.82, 2.24) is 55.8 Å². The van der Waals surface area contributed by atoms with E-state index >= 15 is 0 Å². The molecule has 2 saturated heterocycles. The average molecular weight is 993 g/mol. The van der Waals surface area contributed by atoms with Gasteiger partial charge >= 0.3 is 0 Å².